The first kappa shape index (κ1) is 15.5. The van der Waals surface area contributed by atoms with E-state index < -0.39 is 21.4 Å². The average molecular weight is 335 g/mol. The summed E-state index contributed by atoms with van der Waals surface area (Å²) in [5.41, 5.74) is 1.27. The minimum Gasteiger partial charge on any atom is -0.408 e. The number of benzene rings is 2. The minimum atomic E-state index is -3.62. The van der Waals surface area contributed by atoms with Gasteiger partial charge in [0.1, 0.15) is 5.82 Å². The van der Waals surface area contributed by atoms with Crippen LogP contribution >= 0.6 is 0 Å². The van der Waals surface area contributed by atoms with Crippen molar-refractivity contribution in [2.24, 2.45) is 0 Å². The molecule has 0 amide bonds. The first-order chi connectivity index (χ1) is 10.9. The summed E-state index contributed by atoms with van der Waals surface area (Å²) in [4.78, 5) is 11.7. The molecule has 0 atom stereocenters. The molecule has 0 aliphatic heterocycles. The van der Waals surface area contributed by atoms with Gasteiger partial charge in [-0.1, -0.05) is 12.1 Å². The normalized spacial score (nSPS) is 11.9. The van der Waals surface area contributed by atoms with Gasteiger partial charge < -0.3 is 4.42 Å². The van der Waals surface area contributed by atoms with Gasteiger partial charge in [0.25, 0.3) is 0 Å². The van der Waals surface area contributed by atoms with Crippen molar-refractivity contribution in [3.63, 3.8) is 0 Å². The van der Waals surface area contributed by atoms with Gasteiger partial charge in [-0.05, 0) is 36.8 Å². The minimum absolute atomic E-state index is 0.0614. The van der Waals surface area contributed by atoms with E-state index in [-0.39, 0.29) is 16.2 Å². The van der Waals surface area contributed by atoms with E-state index in [1.165, 1.54) is 41.0 Å². The first-order valence-electron chi connectivity index (χ1n) is 7.01. The highest BCUT2D eigenvalue weighted by Crippen LogP contribution is 2.22. The van der Waals surface area contributed by atoms with Gasteiger partial charge in [0, 0.05) is 12.6 Å². The molecule has 1 aromatic heterocycles. The molecule has 1 heterocycles. The van der Waals surface area contributed by atoms with E-state index in [0.29, 0.717) is 17.6 Å². The second-order valence-corrected chi connectivity index (χ2v) is 7.12. The largest absolute Gasteiger partial charge is 0.419 e. The number of aromatic nitrogens is 1. The molecule has 7 heteroatoms. The molecular weight excluding hydrogens is 321 g/mol. The second-order valence-electron chi connectivity index (χ2n) is 5.13. The van der Waals surface area contributed by atoms with Crippen molar-refractivity contribution >= 4 is 20.9 Å². The molecule has 120 valence electrons. The van der Waals surface area contributed by atoms with Crippen molar-refractivity contribution in [1.82, 2.24) is 4.57 Å². The highest BCUT2D eigenvalue weighted by molar-refractivity contribution is 7.90. The SMILES string of the molecule is CCn1c(=O)oc2cc(S(=O)(=O)Cc3ccc(F)cc3)ccc21. The zero-order valence-electron chi connectivity index (χ0n) is 12.3. The van der Waals surface area contributed by atoms with Gasteiger partial charge in [-0.3, -0.25) is 4.57 Å². The van der Waals surface area contributed by atoms with E-state index in [2.05, 4.69) is 0 Å². The Balaban J connectivity index is 2.01. The van der Waals surface area contributed by atoms with Crippen LogP contribution in [-0.2, 0) is 22.1 Å². The molecule has 0 saturated carbocycles. The summed E-state index contributed by atoms with van der Waals surface area (Å²) in [7, 11) is -3.62. The standard InChI is InChI=1S/C16H14FNO4S/c1-2-18-14-8-7-13(9-15(14)22-16(18)19)23(20,21)10-11-3-5-12(17)6-4-11/h3-9H,2,10H2,1H3. The van der Waals surface area contributed by atoms with Crippen LogP contribution in [-0.4, -0.2) is 13.0 Å². The summed E-state index contributed by atoms with van der Waals surface area (Å²) < 4.78 is 44.3. The first-order valence-corrected chi connectivity index (χ1v) is 8.66. The Bertz CT molecular complexity index is 1020. The zero-order valence-corrected chi connectivity index (χ0v) is 13.1. The van der Waals surface area contributed by atoms with Gasteiger partial charge in [0.15, 0.2) is 15.4 Å². The number of nitrogens with zero attached hydrogens (tertiary/aromatic N) is 1. The lowest BCUT2D eigenvalue weighted by molar-refractivity contribution is 0.512. The van der Waals surface area contributed by atoms with Crippen molar-refractivity contribution in [2.45, 2.75) is 24.1 Å². The van der Waals surface area contributed by atoms with Crippen LogP contribution in [0.1, 0.15) is 12.5 Å². The summed E-state index contributed by atoms with van der Waals surface area (Å²) >= 11 is 0. The van der Waals surface area contributed by atoms with Gasteiger partial charge in [-0.15, -0.1) is 0 Å². The van der Waals surface area contributed by atoms with Crippen LogP contribution in [0, 0.1) is 5.82 Å². The Morgan fingerprint density at radius 2 is 1.83 bits per heavy atom. The third-order valence-electron chi connectivity index (χ3n) is 3.59. The summed E-state index contributed by atoms with van der Waals surface area (Å²) in [6.45, 7) is 2.24. The molecule has 0 spiro atoms. The molecule has 3 aromatic rings. The molecule has 0 aliphatic carbocycles. The number of fused-ring (bicyclic) bond motifs is 1. The Hall–Kier alpha value is -2.41. The topological polar surface area (TPSA) is 69.3 Å². The average Bonchev–Trinajstić information content (AvgIpc) is 2.83. The van der Waals surface area contributed by atoms with E-state index in [1.54, 1.807) is 13.0 Å². The molecule has 0 fully saturated rings. The lowest BCUT2D eigenvalue weighted by atomic mass is 10.2. The molecule has 0 unspecified atom stereocenters. The second kappa shape index (κ2) is 5.66. The number of aryl methyl sites for hydroxylation is 1. The highest BCUT2D eigenvalue weighted by atomic mass is 32.2. The predicted molar refractivity (Wildman–Crippen MR) is 83.4 cm³/mol. The van der Waals surface area contributed by atoms with E-state index in [9.17, 15) is 17.6 Å². The molecular formula is C16H14FNO4S. The maximum absolute atomic E-state index is 12.9. The summed E-state index contributed by atoms with van der Waals surface area (Å²) in [5.74, 6) is -1.19. The molecule has 2 aromatic carbocycles. The maximum Gasteiger partial charge on any atom is 0.419 e. The Kier molecular flexibility index (Phi) is 3.81. The number of hydrogen-bond acceptors (Lipinski definition) is 4. The van der Waals surface area contributed by atoms with Crippen LogP contribution in [0.5, 0.6) is 0 Å². The number of hydrogen-bond donors (Lipinski definition) is 0. The van der Waals surface area contributed by atoms with Gasteiger partial charge >= 0.3 is 5.76 Å². The number of oxazole rings is 1. The third-order valence-corrected chi connectivity index (χ3v) is 5.27. The summed E-state index contributed by atoms with van der Waals surface area (Å²) in [6, 6.07) is 9.65. The van der Waals surface area contributed by atoms with E-state index in [1.807, 2.05) is 0 Å². The van der Waals surface area contributed by atoms with Gasteiger partial charge in [0.2, 0.25) is 0 Å². The van der Waals surface area contributed by atoms with Crippen molar-refractivity contribution < 1.29 is 17.2 Å². The Morgan fingerprint density at radius 3 is 2.48 bits per heavy atom. The van der Waals surface area contributed by atoms with Crippen LogP contribution in [0.4, 0.5) is 4.39 Å². The molecule has 5 nitrogen and oxygen atoms in total. The van der Waals surface area contributed by atoms with Crippen LogP contribution in [0.2, 0.25) is 0 Å². The lowest BCUT2D eigenvalue weighted by Gasteiger charge is -2.05. The number of rotatable bonds is 4. The fourth-order valence-electron chi connectivity index (χ4n) is 2.42. The smallest absolute Gasteiger partial charge is 0.408 e. The molecule has 3 rings (SSSR count). The molecule has 23 heavy (non-hydrogen) atoms. The molecule has 0 bridgehead atoms. The van der Waals surface area contributed by atoms with Crippen LogP contribution in [0.15, 0.2) is 56.6 Å². The monoisotopic (exact) mass is 335 g/mol. The summed E-state index contributed by atoms with van der Waals surface area (Å²) in [5, 5.41) is 0. The summed E-state index contributed by atoms with van der Waals surface area (Å²) in [6.07, 6.45) is 0. The van der Waals surface area contributed by atoms with Crippen molar-refractivity contribution in [3.8, 4) is 0 Å². The van der Waals surface area contributed by atoms with E-state index in [0.717, 1.165) is 0 Å². The van der Waals surface area contributed by atoms with E-state index >= 15 is 0 Å². The highest BCUT2D eigenvalue weighted by Gasteiger charge is 2.18. The van der Waals surface area contributed by atoms with E-state index in [4.69, 9.17) is 4.42 Å². The Labute approximate surface area is 131 Å². The fourth-order valence-corrected chi connectivity index (χ4v) is 3.78. The van der Waals surface area contributed by atoms with Gasteiger partial charge in [0.05, 0.1) is 16.2 Å². The van der Waals surface area contributed by atoms with Crippen LogP contribution < -0.4 is 5.76 Å². The molecule has 0 radical (unpaired) electrons. The van der Waals surface area contributed by atoms with Crippen molar-refractivity contribution in [1.29, 1.82) is 0 Å². The van der Waals surface area contributed by atoms with Crippen LogP contribution in [0.25, 0.3) is 11.1 Å². The zero-order chi connectivity index (χ0) is 16.6. The lowest BCUT2D eigenvalue weighted by Crippen LogP contribution is -2.12. The molecule has 0 saturated heterocycles. The number of halogens is 1. The van der Waals surface area contributed by atoms with Crippen molar-refractivity contribution in [3.05, 3.63) is 64.4 Å². The van der Waals surface area contributed by atoms with Gasteiger partial charge in [-0.2, -0.15) is 0 Å². The fraction of sp³-hybridized carbons (Fsp3) is 0.188. The third kappa shape index (κ3) is 2.92. The van der Waals surface area contributed by atoms with Crippen molar-refractivity contribution in [2.75, 3.05) is 0 Å². The quantitative estimate of drug-likeness (QED) is 0.735. The maximum atomic E-state index is 12.9. The Morgan fingerprint density at radius 1 is 1.13 bits per heavy atom. The molecule has 0 aliphatic rings. The number of sulfone groups is 1. The predicted octanol–water partition coefficient (Wildman–Crippen LogP) is 2.73. The van der Waals surface area contributed by atoms with Crippen LogP contribution in [0.3, 0.4) is 0 Å². The van der Waals surface area contributed by atoms with Gasteiger partial charge in [-0.25, -0.2) is 17.6 Å². The molecule has 0 N–H and O–H groups in total.